The summed E-state index contributed by atoms with van der Waals surface area (Å²) in [5.41, 5.74) is 3.21. The minimum absolute atomic E-state index is 0.0738. The minimum Gasteiger partial charge on any atom is -0.484 e. The number of rotatable bonds is 4. The number of benzene rings is 2. The zero-order valence-electron chi connectivity index (χ0n) is 12.7. The summed E-state index contributed by atoms with van der Waals surface area (Å²) in [7, 11) is 0. The number of halogens is 1. The molecule has 0 aliphatic rings. The van der Waals surface area contributed by atoms with E-state index in [-0.39, 0.29) is 12.5 Å². The van der Waals surface area contributed by atoms with Crippen LogP contribution < -0.4 is 10.1 Å². The molecule has 23 heavy (non-hydrogen) atoms. The summed E-state index contributed by atoms with van der Waals surface area (Å²) in [6, 6.07) is 11.0. The Morgan fingerprint density at radius 3 is 2.74 bits per heavy atom. The van der Waals surface area contributed by atoms with Crippen molar-refractivity contribution in [2.75, 3.05) is 11.9 Å². The quantitative estimate of drug-likeness (QED) is 0.752. The van der Waals surface area contributed by atoms with Gasteiger partial charge >= 0.3 is 0 Å². The van der Waals surface area contributed by atoms with Crippen molar-refractivity contribution in [3.8, 4) is 5.75 Å². The van der Waals surface area contributed by atoms with Crippen molar-refractivity contribution in [2.24, 2.45) is 0 Å². The second-order valence-electron chi connectivity index (χ2n) is 5.24. The summed E-state index contributed by atoms with van der Waals surface area (Å²) in [5, 5.41) is 3.99. The van der Waals surface area contributed by atoms with Crippen molar-refractivity contribution >= 4 is 44.2 Å². The molecule has 0 fully saturated rings. The summed E-state index contributed by atoms with van der Waals surface area (Å²) in [4.78, 5) is 16.5. The summed E-state index contributed by atoms with van der Waals surface area (Å²) in [5.74, 6) is 0.355. The number of ether oxygens (including phenoxy) is 1. The lowest BCUT2D eigenvalue weighted by atomic mass is 10.1. The molecule has 0 aliphatic heterocycles. The molecule has 0 saturated heterocycles. The predicted molar refractivity (Wildman–Crippen MR) is 94.7 cm³/mol. The van der Waals surface area contributed by atoms with Crippen molar-refractivity contribution in [1.82, 2.24) is 4.98 Å². The maximum Gasteiger partial charge on any atom is 0.264 e. The highest BCUT2D eigenvalue weighted by atomic mass is 35.5. The number of carbonyl (C=O) groups excluding carboxylic acids is 1. The third kappa shape index (κ3) is 3.81. The van der Waals surface area contributed by atoms with Gasteiger partial charge in [-0.2, -0.15) is 0 Å². The molecule has 0 aliphatic carbocycles. The SMILES string of the molecule is Cc1cc(C)c2nc(NC(=O)COc3ccc(Cl)cc3)sc2c1. The lowest BCUT2D eigenvalue weighted by Crippen LogP contribution is -2.19. The molecule has 2 aromatic carbocycles. The maximum atomic E-state index is 12.0. The van der Waals surface area contributed by atoms with Gasteiger partial charge in [-0.15, -0.1) is 0 Å². The molecular formula is C17H15ClN2O2S. The van der Waals surface area contributed by atoms with Gasteiger partial charge in [0, 0.05) is 5.02 Å². The van der Waals surface area contributed by atoms with Gasteiger partial charge in [0.2, 0.25) is 0 Å². The Labute approximate surface area is 143 Å². The van der Waals surface area contributed by atoms with Crippen LogP contribution in [0.1, 0.15) is 11.1 Å². The number of fused-ring (bicyclic) bond motifs is 1. The minimum atomic E-state index is -0.242. The number of nitrogens with one attached hydrogen (secondary N) is 1. The lowest BCUT2D eigenvalue weighted by molar-refractivity contribution is -0.118. The first-order chi connectivity index (χ1) is 11.0. The Morgan fingerprint density at radius 1 is 1.26 bits per heavy atom. The highest BCUT2D eigenvalue weighted by Crippen LogP contribution is 2.29. The zero-order chi connectivity index (χ0) is 16.4. The van der Waals surface area contributed by atoms with Gasteiger partial charge in [0.15, 0.2) is 11.7 Å². The second-order valence-corrected chi connectivity index (χ2v) is 6.71. The van der Waals surface area contributed by atoms with Crippen molar-refractivity contribution in [3.63, 3.8) is 0 Å². The van der Waals surface area contributed by atoms with Gasteiger partial charge in [-0.05, 0) is 55.3 Å². The van der Waals surface area contributed by atoms with Crippen LogP contribution in [0.2, 0.25) is 5.02 Å². The van der Waals surface area contributed by atoms with Crippen LogP contribution in [-0.2, 0) is 4.79 Å². The van der Waals surface area contributed by atoms with Crippen LogP contribution >= 0.6 is 22.9 Å². The Balaban J connectivity index is 1.65. The molecule has 3 rings (SSSR count). The molecule has 1 heterocycles. The van der Waals surface area contributed by atoms with Crippen molar-refractivity contribution in [3.05, 3.63) is 52.5 Å². The highest BCUT2D eigenvalue weighted by Gasteiger charge is 2.10. The van der Waals surface area contributed by atoms with Crippen LogP contribution in [0.5, 0.6) is 5.75 Å². The van der Waals surface area contributed by atoms with Gasteiger partial charge in [-0.3, -0.25) is 10.1 Å². The molecule has 6 heteroatoms. The summed E-state index contributed by atoms with van der Waals surface area (Å²) in [6.07, 6.45) is 0. The number of thiazole rings is 1. The van der Waals surface area contributed by atoms with E-state index in [1.165, 1.54) is 16.9 Å². The molecule has 0 bridgehead atoms. The van der Waals surface area contributed by atoms with E-state index >= 15 is 0 Å². The Bertz CT molecular complexity index is 859. The fraction of sp³-hybridized carbons (Fsp3) is 0.176. The average molecular weight is 347 g/mol. The molecule has 4 nitrogen and oxygen atoms in total. The van der Waals surface area contributed by atoms with Crippen LogP contribution in [0.3, 0.4) is 0 Å². The number of amides is 1. The number of aryl methyl sites for hydroxylation is 2. The van der Waals surface area contributed by atoms with E-state index in [0.717, 1.165) is 15.8 Å². The van der Waals surface area contributed by atoms with E-state index in [1.807, 2.05) is 13.8 Å². The Kier molecular flexibility index (Phi) is 4.50. The van der Waals surface area contributed by atoms with Crippen LogP contribution in [0, 0.1) is 13.8 Å². The number of hydrogen-bond donors (Lipinski definition) is 1. The van der Waals surface area contributed by atoms with E-state index < -0.39 is 0 Å². The summed E-state index contributed by atoms with van der Waals surface area (Å²) >= 11 is 7.26. The monoisotopic (exact) mass is 346 g/mol. The summed E-state index contributed by atoms with van der Waals surface area (Å²) < 4.78 is 6.48. The molecule has 3 aromatic rings. The highest BCUT2D eigenvalue weighted by molar-refractivity contribution is 7.22. The van der Waals surface area contributed by atoms with Crippen molar-refractivity contribution in [1.29, 1.82) is 0 Å². The van der Waals surface area contributed by atoms with Gasteiger partial charge in [0.05, 0.1) is 10.2 Å². The smallest absolute Gasteiger partial charge is 0.264 e. The normalized spacial score (nSPS) is 10.7. The standard InChI is InChI=1S/C17H15ClN2O2S/c1-10-7-11(2)16-14(8-10)23-17(20-16)19-15(21)9-22-13-5-3-12(18)4-6-13/h3-8H,9H2,1-2H3,(H,19,20,21). The zero-order valence-corrected chi connectivity index (χ0v) is 14.3. The molecule has 0 unspecified atom stereocenters. The van der Waals surface area contributed by atoms with Crippen LogP contribution in [0.25, 0.3) is 10.2 Å². The van der Waals surface area contributed by atoms with E-state index in [2.05, 4.69) is 22.4 Å². The molecule has 0 spiro atoms. The maximum absolute atomic E-state index is 12.0. The molecule has 1 aromatic heterocycles. The molecule has 0 radical (unpaired) electrons. The van der Waals surface area contributed by atoms with E-state index in [1.54, 1.807) is 24.3 Å². The number of aromatic nitrogens is 1. The Morgan fingerprint density at radius 2 is 2.00 bits per heavy atom. The first-order valence-corrected chi connectivity index (χ1v) is 8.27. The van der Waals surface area contributed by atoms with E-state index in [4.69, 9.17) is 16.3 Å². The fourth-order valence-electron chi connectivity index (χ4n) is 2.26. The Hall–Kier alpha value is -2.11. The van der Waals surface area contributed by atoms with Crippen molar-refractivity contribution in [2.45, 2.75) is 13.8 Å². The molecule has 1 N–H and O–H groups in total. The molecule has 0 atom stereocenters. The number of carbonyl (C=O) groups is 1. The van der Waals surface area contributed by atoms with Crippen molar-refractivity contribution < 1.29 is 9.53 Å². The van der Waals surface area contributed by atoms with E-state index in [9.17, 15) is 4.79 Å². The molecule has 1 amide bonds. The van der Waals surface area contributed by atoms with Gasteiger partial charge in [-0.1, -0.05) is 29.0 Å². The fourth-order valence-corrected chi connectivity index (χ4v) is 3.44. The largest absolute Gasteiger partial charge is 0.484 e. The average Bonchev–Trinajstić information content (AvgIpc) is 2.89. The third-order valence-corrected chi connectivity index (χ3v) is 4.43. The van der Waals surface area contributed by atoms with Gasteiger partial charge in [-0.25, -0.2) is 4.98 Å². The van der Waals surface area contributed by atoms with Crippen LogP contribution in [0.15, 0.2) is 36.4 Å². The van der Waals surface area contributed by atoms with Crippen LogP contribution in [-0.4, -0.2) is 17.5 Å². The number of anilines is 1. The first kappa shape index (κ1) is 15.8. The summed E-state index contributed by atoms with van der Waals surface area (Å²) in [6.45, 7) is 3.99. The molecule has 118 valence electrons. The van der Waals surface area contributed by atoms with Crippen LogP contribution in [0.4, 0.5) is 5.13 Å². The molecule has 0 saturated carbocycles. The van der Waals surface area contributed by atoms with Gasteiger partial charge in [0.25, 0.3) is 5.91 Å². The first-order valence-electron chi connectivity index (χ1n) is 7.07. The van der Waals surface area contributed by atoms with E-state index in [0.29, 0.717) is 15.9 Å². The van der Waals surface area contributed by atoms with Gasteiger partial charge in [0.1, 0.15) is 5.75 Å². The van der Waals surface area contributed by atoms with Gasteiger partial charge < -0.3 is 4.74 Å². The number of hydrogen-bond acceptors (Lipinski definition) is 4. The predicted octanol–water partition coefficient (Wildman–Crippen LogP) is 4.58. The third-order valence-electron chi connectivity index (χ3n) is 3.26. The molecular weight excluding hydrogens is 332 g/mol. The second kappa shape index (κ2) is 6.56. The lowest BCUT2D eigenvalue weighted by Gasteiger charge is -2.05. The number of nitrogens with zero attached hydrogens (tertiary/aromatic N) is 1. The topological polar surface area (TPSA) is 51.2 Å².